The monoisotopic (exact) mass is 244 g/mol. The summed E-state index contributed by atoms with van der Waals surface area (Å²) in [7, 11) is 0. The van der Waals surface area contributed by atoms with Gasteiger partial charge < -0.3 is 25.0 Å². The number of aliphatic hydroxyl groups excluding tert-OH is 3. The lowest BCUT2D eigenvalue weighted by molar-refractivity contribution is -0.0232. The minimum atomic E-state index is -1.33. The Morgan fingerprint density at radius 1 is 1.29 bits per heavy atom. The predicted octanol–water partition coefficient (Wildman–Crippen LogP) is -2.78. The Hall–Kier alpha value is -1.48. The van der Waals surface area contributed by atoms with Crippen molar-refractivity contribution in [1.82, 2.24) is 9.97 Å². The Balaban J connectivity index is 2.35. The Labute approximate surface area is 94.5 Å². The number of H-pyrrole nitrogens is 2. The van der Waals surface area contributed by atoms with Crippen LogP contribution >= 0.6 is 0 Å². The molecule has 5 N–H and O–H groups in total. The molecule has 0 amide bonds. The maximum Gasteiger partial charge on any atom is 0.325 e. The molecule has 94 valence electrons. The van der Waals surface area contributed by atoms with E-state index in [-0.39, 0.29) is 5.56 Å². The second kappa shape index (κ2) is 4.41. The van der Waals surface area contributed by atoms with Crippen molar-refractivity contribution >= 4 is 0 Å². The van der Waals surface area contributed by atoms with Crippen molar-refractivity contribution < 1.29 is 20.1 Å². The van der Waals surface area contributed by atoms with E-state index < -0.39 is 42.3 Å². The van der Waals surface area contributed by atoms with E-state index in [1.165, 1.54) is 0 Å². The molecule has 1 aliphatic heterocycles. The van der Waals surface area contributed by atoms with Gasteiger partial charge in [0.25, 0.3) is 5.56 Å². The maximum absolute atomic E-state index is 11.5. The number of ether oxygens (including phenoxy) is 1. The first-order valence-corrected chi connectivity index (χ1v) is 4.99. The Bertz CT molecular complexity index is 509. The number of aromatic amines is 2. The van der Waals surface area contributed by atoms with E-state index in [0.717, 1.165) is 6.20 Å². The van der Waals surface area contributed by atoms with E-state index in [2.05, 4.69) is 4.98 Å². The van der Waals surface area contributed by atoms with Gasteiger partial charge in [-0.1, -0.05) is 0 Å². The highest BCUT2D eigenvalue weighted by Crippen LogP contribution is 2.31. The largest absolute Gasteiger partial charge is 0.394 e. The molecular formula is C9H12N2O6. The summed E-state index contributed by atoms with van der Waals surface area (Å²) in [6.07, 6.45) is -3.54. The molecule has 0 unspecified atom stereocenters. The second-order valence-corrected chi connectivity index (χ2v) is 3.79. The highest BCUT2D eigenvalue weighted by molar-refractivity contribution is 5.13. The van der Waals surface area contributed by atoms with Crippen LogP contribution in [0.1, 0.15) is 11.7 Å². The third-order valence-electron chi connectivity index (χ3n) is 2.70. The zero-order valence-corrected chi connectivity index (χ0v) is 8.66. The van der Waals surface area contributed by atoms with Crippen LogP contribution in [0.15, 0.2) is 15.8 Å². The Morgan fingerprint density at radius 2 is 2.00 bits per heavy atom. The van der Waals surface area contributed by atoms with Gasteiger partial charge in [-0.25, -0.2) is 4.79 Å². The molecule has 1 fully saturated rings. The van der Waals surface area contributed by atoms with Crippen LogP contribution in [0.5, 0.6) is 0 Å². The molecule has 0 spiro atoms. The van der Waals surface area contributed by atoms with Crippen LogP contribution in [0.3, 0.4) is 0 Å². The topological polar surface area (TPSA) is 136 Å². The fourth-order valence-corrected chi connectivity index (χ4v) is 1.79. The maximum atomic E-state index is 11.5. The van der Waals surface area contributed by atoms with Gasteiger partial charge in [0.15, 0.2) is 0 Å². The van der Waals surface area contributed by atoms with Gasteiger partial charge in [0.2, 0.25) is 0 Å². The van der Waals surface area contributed by atoms with Gasteiger partial charge in [-0.05, 0) is 0 Å². The number of hydrogen-bond donors (Lipinski definition) is 5. The van der Waals surface area contributed by atoms with Crippen LogP contribution in [0.25, 0.3) is 0 Å². The molecule has 8 heteroatoms. The van der Waals surface area contributed by atoms with Gasteiger partial charge in [-0.3, -0.25) is 9.78 Å². The highest BCUT2D eigenvalue weighted by atomic mass is 16.6. The van der Waals surface area contributed by atoms with Gasteiger partial charge in [0.05, 0.1) is 12.2 Å². The molecule has 0 radical (unpaired) electrons. The lowest BCUT2D eigenvalue weighted by Gasteiger charge is -2.13. The van der Waals surface area contributed by atoms with Crippen molar-refractivity contribution in [3.8, 4) is 0 Å². The van der Waals surface area contributed by atoms with Crippen molar-refractivity contribution in [3.05, 3.63) is 32.6 Å². The molecule has 0 saturated carbocycles. The Morgan fingerprint density at radius 3 is 2.53 bits per heavy atom. The van der Waals surface area contributed by atoms with Crippen LogP contribution in [0.2, 0.25) is 0 Å². The van der Waals surface area contributed by atoms with Gasteiger partial charge in [0, 0.05) is 6.20 Å². The summed E-state index contributed by atoms with van der Waals surface area (Å²) in [4.78, 5) is 26.5. The van der Waals surface area contributed by atoms with Crippen LogP contribution in [0, 0.1) is 0 Å². The summed E-state index contributed by atoms with van der Waals surface area (Å²) in [5.74, 6) is 0. The fourth-order valence-electron chi connectivity index (χ4n) is 1.79. The lowest BCUT2D eigenvalue weighted by atomic mass is 10.0. The molecule has 4 atom stereocenters. The lowest BCUT2D eigenvalue weighted by Crippen LogP contribution is -2.34. The minimum Gasteiger partial charge on any atom is -0.394 e. The molecule has 1 saturated heterocycles. The second-order valence-electron chi connectivity index (χ2n) is 3.79. The molecule has 0 bridgehead atoms. The number of nitrogens with one attached hydrogen (secondary N) is 2. The van der Waals surface area contributed by atoms with Crippen molar-refractivity contribution in [3.63, 3.8) is 0 Å². The van der Waals surface area contributed by atoms with Crippen LogP contribution in [-0.4, -0.2) is 50.2 Å². The van der Waals surface area contributed by atoms with Crippen LogP contribution in [-0.2, 0) is 4.74 Å². The van der Waals surface area contributed by atoms with E-state index in [9.17, 15) is 19.8 Å². The first-order chi connectivity index (χ1) is 8.04. The number of aliphatic hydroxyl groups is 3. The van der Waals surface area contributed by atoms with Crippen LogP contribution in [0.4, 0.5) is 0 Å². The average Bonchev–Trinajstić information content (AvgIpc) is 2.57. The number of rotatable bonds is 2. The van der Waals surface area contributed by atoms with E-state index in [0.29, 0.717) is 0 Å². The van der Waals surface area contributed by atoms with Gasteiger partial charge >= 0.3 is 5.69 Å². The van der Waals surface area contributed by atoms with Gasteiger partial charge in [-0.2, -0.15) is 0 Å². The minimum absolute atomic E-state index is 0.00731. The quantitative estimate of drug-likeness (QED) is 0.382. The SMILES string of the molecule is O=c1[nH]cc([C@H]2O[C@H](CO)[C@@H](O)[C@@H]2O)c(=O)[nH]1. The average molecular weight is 244 g/mol. The first-order valence-electron chi connectivity index (χ1n) is 4.99. The Kier molecular flexibility index (Phi) is 3.11. The van der Waals surface area contributed by atoms with E-state index in [1.54, 1.807) is 0 Å². The summed E-state index contributed by atoms with van der Waals surface area (Å²) in [6.45, 7) is -0.476. The summed E-state index contributed by atoms with van der Waals surface area (Å²) in [5, 5.41) is 28.1. The van der Waals surface area contributed by atoms with Gasteiger partial charge in [-0.15, -0.1) is 0 Å². The summed E-state index contributed by atoms with van der Waals surface area (Å²) < 4.78 is 5.15. The van der Waals surface area contributed by atoms with E-state index in [4.69, 9.17) is 9.84 Å². The predicted molar refractivity (Wildman–Crippen MR) is 54.4 cm³/mol. The molecule has 8 nitrogen and oxygen atoms in total. The summed E-state index contributed by atoms with van der Waals surface area (Å²) in [5.41, 5.74) is -1.39. The molecule has 0 aliphatic carbocycles. The zero-order chi connectivity index (χ0) is 12.6. The fraction of sp³-hybridized carbons (Fsp3) is 0.556. The standard InChI is InChI=1S/C9H12N2O6/c12-2-4-5(13)6(14)7(17-4)3-1-10-9(16)11-8(3)15/h1,4-7,12-14H,2H2,(H2,10,11,15,16)/t4-,5-,6+,7-/m1/s1. The third-order valence-corrected chi connectivity index (χ3v) is 2.70. The van der Waals surface area contributed by atoms with Crippen molar-refractivity contribution in [2.24, 2.45) is 0 Å². The molecule has 17 heavy (non-hydrogen) atoms. The molecule has 2 heterocycles. The van der Waals surface area contributed by atoms with Crippen molar-refractivity contribution in [1.29, 1.82) is 0 Å². The molecule has 1 aromatic heterocycles. The van der Waals surface area contributed by atoms with Gasteiger partial charge in [0.1, 0.15) is 24.4 Å². The third kappa shape index (κ3) is 2.03. The molecule has 1 aromatic rings. The summed E-state index contributed by atoms with van der Waals surface area (Å²) >= 11 is 0. The number of hydrogen-bond acceptors (Lipinski definition) is 6. The molecular weight excluding hydrogens is 232 g/mol. The smallest absolute Gasteiger partial charge is 0.325 e. The van der Waals surface area contributed by atoms with E-state index >= 15 is 0 Å². The van der Waals surface area contributed by atoms with E-state index in [1.807, 2.05) is 4.98 Å². The van der Waals surface area contributed by atoms with Crippen LogP contribution < -0.4 is 11.2 Å². The molecule has 2 rings (SSSR count). The normalized spacial score (nSPS) is 32.9. The zero-order valence-electron chi connectivity index (χ0n) is 8.66. The number of aromatic nitrogens is 2. The first kappa shape index (κ1) is 12.0. The molecule has 1 aliphatic rings. The highest BCUT2D eigenvalue weighted by Gasteiger charge is 2.44. The summed E-state index contributed by atoms with van der Waals surface area (Å²) in [6, 6.07) is 0. The molecule has 0 aromatic carbocycles. The van der Waals surface area contributed by atoms with Crippen molar-refractivity contribution in [2.45, 2.75) is 24.4 Å². The van der Waals surface area contributed by atoms with Crippen molar-refractivity contribution in [2.75, 3.05) is 6.61 Å².